The maximum atomic E-state index is 11.3. The van der Waals surface area contributed by atoms with E-state index in [-0.39, 0.29) is 12.5 Å². The second-order valence-electron chi connectivity index (χ2n) is 5.15. The molecule has 1 fully saturated rings. The van der Waals surface area contributed by atoms with E-state index in [1.165, 1.54) is 5.56 Å². The first-order chi connectivity index (χ1) is 9.31. The van der Waals surface area contributed by atoms with Crippen LogP contribution in [0.15, 0.2) is 18.2 Å². The molecular formula is C14H19N3O2. The van der Waals surface area contributed by atoms with Crippen LogP contribution in [0.4, 0.5) is 5.69 Å². The highest BCUT2D eigenvalue weighted by Crippen LogP contribution is 2.28. The van der Waals surface area contributed by atoms with Crippen LogP contribution in [0.2, 0.25) is 0 Å². The Morgan fingerprint density at radius 2 is 2.26 bits per heavy atom. The Kier molecular flexibility index (Phi) is 3.66. The van der Waals surface area contributed by atoms with Gasteiger partial charge in [-0.3, -0.25) is 4.79 Å². The minimum Gasteiger partial charge on any atom is -0.482 e. The SMILES string of the molecule is O=C1COc2ccc(CCNCC3CNC3)cc2N1. The van der Waals surface area contributed by atoms with Crippen molar-refractivity contribution < 1.29 is 9.53 Å². The van der Waals surface area contributed by atoms with Gasteiger partial charge in [0.1, 0.15) is 5.75 Å². The van der Waals surface area contributed by atoms with Crippen molar-refractivity contribution in [3.05, 3.63) is 23.8 Å². The number of fused-ring (bicyclic) bond motifs is 1. The van der Waals surface area contributed by atoms with Crippen molar-refractivity contribution >= 4 is 11.6 Å². The lowest BCUT2D eigenvalue weighted by molar-refractivity contribution is -0.118. The quantitative estimate of drug-likeness (QED) is 0.670. The van der Waals surface area contributed by atoms with Crippen LogP contribution in [-0.4, -0.2) is 38.7 Å². The summed E-state index contributed by atoms with van der Waals surface area (Å²) in [6.07, 6.45) is 0.962. The van der Waals surface area contributed by atoms with E-state index in [2.05, 4.69) is 22.0 Å². The maximum absolute atomic E-state index is 11.3. The summed E-state index contributed by atoms with van der Waals surface area (Å²) >= 11 is 0. The fourth-order valence-corrected chi connectivity index (χ4v) is 2.32. The summed E-state index contributed by atoms with van der Waals surface area (Å²) in [6, 6.07) is 5.99. The molecule has 0 unspecified atom stereocenters. The van der Waals surface area contributed by atoms with Gasteiger partial charge in [0.25, 0.3) is 5.91 Å². The number of rotatable bonds is 5. The van der Waals surface area contributed by atoms with E-state index in [9.17, 15) is 4.79 Å². The predicted octanol–water partition coefficient (Wildman–Crippen LogP) is 0.369. The highest BCUT2D eigenvalue weighted by atomic mass is 16.5. The molecule has 2 aliphatic heterocycles. The zero-order valence-electron chi connectivity index (χ0n) is 10.9. The third kappa shape index (κ3) is 3.05. The summed E-state index contributed by atoms with van der Waals surface area (Å²) in [5, 5.41) is 9.56. The molecule has 0 radical (unpaired) electrons. The Balaban J connectivity index is 1.50. The average molecular weight is 261 g/mol. The molecule has 1 saturated heterocycles. The second kappa shape index (κ2) is 5.59. The molecule has 1 aromatic carbocycles. The van der Waals surface area contributed by atoms with Gasteiger partial charge in [-0.15, -0.1) is 0 Å². The fraction of sp³-hybridized carbons (Fsp3) is 0.500. The molecule has 102 valence electrons. The van der Waals surface area contributed by atoms with Gasteiger partial charge < -0.3 is 20.7 Å². The van der Waals surface area contributed by atoms with E-state index in [0.717, 1.165) is 50.0 Å². The summed E-state index contributed by atoms with van der Waals surface area (Å²) in [5.74, 6) is 1.47. The molecule has 0 aromatic heterocycles. The van der Waals surface area contributed by atoms with Crippen molar-refractivity contribution in [3.63, 3.8) is 0 Å². The van der Waals surface area contributed by atoms with Crippen molar-refractivity contribution in [1.29, 1.82) is 0 Å². The molecular weight excluding hydrogens is 242 g/mol. The first-order valence-electron chi connectivity index (χ1n) is 6.78. The number of benzene rings is 1. The van der Waals surface area contributed by atoms with Gasteiger partial charge in [-0.1, -0.05) is 6.07 Å². The molecule has 19 heavy (non-hydrogen) atoms. The van der Waals surface area contributed by atoms with Crippen molar-refractivity contribution in [1.82, 2.24) is 10.6 Å². The van der Waals surface area contributed by atoms with Crippen LogP contribution in [0.5, 0.6) is 5.75 Å². The number of nitrogens with one attached hydrogen (secondary N) is 3. The molecule has 0 atom stereocenters. The van der Waals surface area contributed by atoms with Crippen LogP contribution in [0.3, 0.4) is 0 Å². The first-order valence-corrected chi connectivity index (χ1v) is 6.78. The lowest BCUT2D eigenvalue weighted by Crippen LogP contribution is -2.47. The molecule has 0 aliphatic carbocycles. The van der Waals surface area contributed by atoms with E-state index >= 15 is 0 Å². The number of amides is 1. The molecule has 0 bridgehead atoms. The summed E-state index contributed by atoms with van der Waals surface area (Å²) in [4.78, 5) is 11.3. The topological polar surface area (TPSA) is 62.4 Å². The third-order valence-corrected chi connectivity index (χ3v) is 3.57. The van der Waals surface area contributed by atoms with Crippen molar-refractivity contribution in [2.75, 3.05) is 38.1 Å². The molecule has 3 N–H and O–H groups in total. The Morgan fingerprint density at radius 1 is 1.37 bits per heavy atom. The number of carbonyl (C=O) groups is 1. The summed E-state index contributed by atoms with van der Waals surface area (Å²) in [7, 11) is 0. The molecule has 1 amide bonds. The molecule has 1 aromatic rings. The zero-order chi connectivity index (χ0) is 13.1. The van der Waals surface area contributed by atoms with Crippen molar-refractivity contribution in [2.45, 2.75) is 6.42 Å². The Labute approximate surface area is 112 Å². The van der Waals surface area contributed by atoms with Crippen LogP contribution in [0.25, 0.3) is 0 Å². The largest absolute Gasteiger partial charge is 0.482 e. The monoisotopic (exact) mass is 261 g/mol. The van der Waals surface area contributed by atoms with Crippen LogP contribution in [-0.2, 0) is 11.2 Å². The molecule has 2 aliphatic rings. The number of hydrogen-bond donors (Lipinski definition) is 3. The smallest absolute Gasteiger partial charge is 0.262 e. The number of ether oxygens (including phenoxy) is 1. The van der Waals surface area contributed by atoms with Gasteiger partial charge >= 0.3 is 0 Å². The highest BCUT2D eigenvalue weighted by molar-refractivity contribution is 5.95. The van der Waals surface area contributed by atoms with Crippen molar-refractivity contribution in [2.24, 2.45) is 5.92 Å². The number of hydrogen-bond acceptors (Lipinski definition) is 4. The summed E-state index contributed by atoms with van der Waals surface area (Å²) < 4.78 is 5.34. The first kappa shape index (κ1) is 12.4. The van der Waals surface area contributed by atoms with E-state index in [1.807, 2.05) is 12.1 Å². The van der Waals surface area contributed by atoms with Gasteiger partial charge in [-0.2, -0.15) is 0 Å². The van der Waals surface area contributed by atoms with Gasteiger partial charge in [0, 0.05) is 19.6 Å². The van der Waals surface area contributed by atoms with Gasteiger partial charge in [0.15, 0.2) is 6.61 Å². The van der Waals surface area contributed by atoms with Gasteiger partial charge in [-0.05, 0) is 36.6 Å². The van der Waals surface area contributed by atoms with E-state index in [1.54, 1.807) is 0 Å². The maximum Gasteiger partial charge on any atom is 0.262 e. The minimum absolute atomic E-state index is 0.0831. The molecule has 0 saturated carbocycles. The second-order valence-corrected chi connectivity index (χ2v) is 5.15. The molecule has 3 rings (SSSR count). The van der Waals surface area contributed by atoms with Gasteiger partial charge in [0.2, 0.25) is 0 Å². The molecule has 2 heterocycles. The Bertz CT molecular complexity index is 472. The van der Waals surface area contributed by atoms with Crippen molar-refractivity contribution in [3.8, 4) is 5.75 Å². The summed E-state index contributed by atoms with van der Waals surface area (Å²) in [5.41, 5.74) is 2.00. The molecule has 5 nitrogen and oxygen atoms in total. The lowest BCUT2D eigenvalue weighted by atomic mass is 10.0. The van der Waals surface area contributed by atoms with E-state index in [0.29, 0.717) is 0 Å². The van der Waals surface area contributed by atoms with Crippen LogP contribution < -0.4 is 20.7 Å². The Hall–Kier alpha value is -1.59. The van der Waals surface area contributed by atoms with Gasteiger partial charge in [0.05, 0.1) is 5.69 Å². The highest BCUT2D eigenvalue weighted by Gasteiger charge is 2.16. The zero-order valence-corrected chi connectivity index (χ0v) is 10.9. The molecule has 0 spiro atoms. The van der Waals surface area contributed by atoms with E-state index < -0.39 is 0 Å². The van der Waals surface area contributed by atoms with Crippen LogP contribution in [0, 0.1) is 5.92 Å². The predicted molar refractivity (Wildman–Crippen MR) is 73.5 cm³/mol. The summed E-state index contributed by atoms with van der Waals surface area (Å²) in [6.45, 7) is 4.43. The number of carbonyl (C=O) groups excluding carboxylic acids is 1. The fourth-order valence-electron chi connectivity index (χ4n) is 2.32. The number of anilines is 1. The van der Waals surface area contributed by atoms with Gasteiger partial charge in [-0.25, -0.2) is 0 Å². The van der Waals surface area contributed by atoms with E-state index in [4.69, 9.17) is 4.74 Å². The Morgan fingerprint density at radius 3 is 3.05 bits per heavy atom. The molecule has 5 heteroatoms. The normalized spacial score (nSPS) is 18.2. The third-order valence-electron chi connectivity index (χ3n) is 3.57. The average Bonchev–Trinajstić information content (AvgIpc) is 2.36. The van der Waals surface area contributed by atoms with Crippen LogP contribution in [0.1, 0.15) is 5.56 Å². The van der Waals surface area contributed by atoms with Crippen LogP contribution >= 0.6 is 0 Å². The standard InChI is InChI=1S/C14H19N3O2/c18-14-9-19-13-2-1-10(5-12(13)17-14)3-4-15-6-11-7-16-8-11/h1-2,5,11,15-16H,3-4,6-9H2,(H,17,18). The minimum atomic E-state index is -0.0831. The lowest BCUT2D eigenvalue weighted by Gasteiger charge is -2.27.